The summed E-state index contributed by atoms with van der Waals surface area (Å²) in [6.45, 7) is 5.94. The highest BCUT2D eigenvalue weighted by molar-refractivity contribution is 7.86. The topological polar surface area (TPSA) is 94.1 Å². The van der Waals surface area contributed by atoms with Crippen LogP contribution in [0.1, 0.15) is 37.2 Å². The van der Waals surface area contributed by atoms with Gasteiger partial charge in [-0.1, -0.05) is 13.8 Å². The van der Waals surface area contributed by atoms with Gasteiger partial charge in [0, 0.05) is 45.5 Å². The number of aromatic hydroxyl groups is 1. The molecule has 0 bridgehead atoms. The molecule has 1 aromatic rings. The summed E-state index contributed by atoms with van der Waals surface area (Å²) in [6.07, 6.45) is 2.97. The van der Waals surface area contributed by atoms with Gasteiger partial charge in [0.05, 0.1) is 0 Å². The average Bonchev–Trinajstić information content (AvgIpc) is 2.61. The molecule has 1 N–H and O–H groups in total. The van der Waals surface area contributed by atoms with Crippen LogP contribution >= 0.6 is 0 Å². The number of rotatable bonds is 7. The lowest BCUT2D eigenvalue weighted by Gasteiger charge is -2.36. The standard InChI is InChI=1S/C16H26N4O4S/c1-3-8-19(9-4-2)25(23,24)20-12-10-18(11-13-20)16(22)15-14(21)6-5-7-17-15/h5-7,21H,3-4,8-13H2,1-2H3. The molecule has 8 nitrogen and oxygen atoms in total. The minimum Gasteiger partial charge on any atom is -0.505 e. The van der Waals surface area contributed by atoms with E-state index >= 15 is 0 Å². The number of amides is 1. The van der Waals surface area contributed by atoms with E-state index in [0.29, 0.717) is 13.1 Å². The molecule has 0 radical (unpaired) electrons. The molecule has 1 aliphatic heterocycles. The second-order valence-electron chi connectivity index (χ2n) is 5.97. The molecule has 1 fully saturated rings. The van der Waals surface area contributed by atoms with Crippen molar-refractivity contribution in [1.82, 2.24) is 18.5 Å². The van der Waals surface area contributed by atoms with Gasteiger partial charge in [0.2, 0.25) is 0 Å². The van der Waals surface area contributed by atoms with Gasteiger partial charge in [0.1, 0.15) is 5.75 Å². The highest BCUT2D eigenvalue weighted by atomic mass is 32.2. The molecule has 0 atom stereocenters. The molecule has 2 rings (SSSR count). The fourth-order valence-corrected chi connectivity index (χ4v) is 4.62. The van der Waals surface area contributed by atoms with Crippen LogP contribution < -0.4 is 0 Å². The molecule has 0 aromatic carbocycles. The Labute approximate surface area is 149 Å². The predicted molar refractivity (Wildman–Crippen MR) is 94.5 cm³/mol. The van der Waals surface area contributed by atoms with Gasteiger partial charge in [-0.25, -0.2) is 4.98 Å². The van der Waals surface area contributed by atoms with E-state index in [0.717, 1.165) is 12.8 Å². The first-order valence-corrected chi connectivity index (χ1v) is 10.00. The fourth-order valence-electron chi connectivity index (χ4n) is 2.84. The van der Waals surface area contributed by atoms with Crippen LogP contribution in [-0.2, 0) is 10.2 Å². The van der Waals surface area contributed by atoms with Crippen molar-refractivity contribution in [3.05, 3.63) is 24.0 Å². The summed E-state index contributed by atoms with van der Waals surface area (Å²) in [4.78, 5) is 17.9. The van der Waals surface area contributed by atoms with Crippen LogP contribution in [0.4, 0.5) is 0 Å². The van der Waals surface area contributed by atoms with E-state index in [9.17, 15) is 18.3 Å². The van der Waals surface area contributed by atoms with Crippen molar-refractivity contribution in [2.45, 2.75) is 26.7 Å². The van der Waals surface area contributed by atoms with Crippen LogP contribution in [0.5, 0.6) is 5.75 Å². The summed E-state index contributed by atoms with van der Waals surface area (Å²) in [6, 6.07) is 2.96. The molecule has 1 amide bonds. The second-order valence-corrected chi connectivity index (χ2v) is 7.90. The zero-order chi connectivity index (χ0) is 18.4. The molecule has 140 valence electrons. The predicted octanol–water partition coefficient (Wildman–Crippen LogP) is 0.912. The van der Waals surface area contributed by atoms with Gasteiger partial charge in [-0.3, -0.25) is 4.79 Å². The van der Waals surface area contributed by atoms with Gasteiger partial charge in [-0.15, -0.1) is 0 Å². The lowest BCUT2D eigenvalue weighted by Crippen LogP contribution is -2.54. The van der Waals surface area contributed by atoms with Gasteiger partial charge in [-0.05, 0) is 25.0 Å². The highest BCUT2D eigenvalue weighted by Gasteiger charge is 2.33. The maximum absolute atomic E-state index is 12.8. The minimum atomic E-state index is -3.51. The Bertz CT molecular complexity index is 681. The maximum Gasteiger partial charge on any atom is 0.282 e. The zero-order valence-electron chi connectivity index (χ0n) is 14.8. The fraction of sp³-hybridized carbons (Fsp3) is 0.625. The van der Waals surface area contributed by atoms with E-state index in [1.54, 1.807) is 6.07 Å². The lowest BCUT2D eigenvalue weighted by atomic mass is 10.2. The van der Waals surface area contributed by atoms with Crippen molar-refractivity contribution in [2.24, 2.45) is 0 Å². The number of carbonyl (C=O) groups is 1. The Kier molecular flexibility index (Phi) is 6.74. The smallest absolute Gasteiger partial charge is 0.282 e. The highest BCUT2D eigenvalue weighted by Crippen LogP contribution is 2.18. The third kappa shape index (κ3) is 4.47. The first-order valence-electron chi connectivity index (χ1n) is 8.60. The summed E-state index contributed by atoms with van der Waals surface area (Å²) in [5, 5.41) is 9.76. The Morgan fingerprint density at radius 3 is 2.32 bits per heavy atom. The normalized spacial score (nSPS) is 16.4. The van der Waals surface area contributed by atoms with E-state index in [4.69, 9.17) is 0 Å². The van der Waals surface area contributed by atoms with E-state index in [1.807, 2.05) is 13.8 Å². The summed E-state index contributed by atoms with van der Waals surface area (Å²) in [5.41, 5.74) is -0.00241. The monoisotopic (exact) mass is 370 g/mol. The number of hydrogen-bond acceptors (Lipinski definition) is 5. The largest absolute Gasteiger partial charge is 0.505 e. The Hall–Kier alpha value is -1.71. The molecular weight excluding hydrogens is 344 g/mol. The van der Waals surface area contributed by atoms with E-state index in [2.05, 4.69) is 4.98 Å². The number of nitrogens with zero attached hydrogens (tertiary/aromatic N) is 4. The zero-order valence-corrected chi connectivity index (χ0v) is 15.6. The molecule has 1 aromatic heterocycles. The number of hydrogen-bond donors (Lipinski definition) is 1. The minimum absolute atomic E-state index is 0.00241. The van der Waals surface area contributed by atoms with E-state index < -0.39 is 10.2 Å². The summed E-state index contributed by atoms with van der Waals surface area (Å²) in [7, 11) is -3.51. The number of carbonyl (C=O) groups excluding carboxylic acids is 1. The number of pyridine rings is 1. The maximum atomic E-state index is 12.8. The Balaban J connectivity index is 2.03. The molecule has 0 saturated carbocycles. The van der Waals surface area contributed by atoms with E-state index in [1.165, 1.54) is 25.8 Å². The summed E-state index contributed by atoms with van der Waals surface area (Å²) >= 11 is 0. The molecule has 9 heteroatoms. The van der Waals surface area contributed by atoms with Crippen molar-refractivity contribution in [1.29, 1.82) is 0 Å². The van der Waals surface area contributed by atoms with Crippen molar-refractivity contribution in [3.63, 3.8) is 0 Å². The molecule has 0 aliphatic carbocycles. The molecule has 0 spiro atoms. The van der Waals surface area contributed by atoms with Crippen LogP contribution in [0.25, 0.3) is 0 Å². The van der Waals surface area contributed by atoms with Crippen molar-refractivity contribution in [2.75, 3.05) is 39.3 Å². The summed E-state index contributed by atoms with van der Waals surface area (Å²) < 4.78 is 28.5. The van der Waals surface area contributed by atoms with Crippen LogP contribution in [0, 0.1) is 0 Å². The van der Waals surface area contributed by atoms with Crippen LogP contribution in [0.2, 0.25) is 0 Å². The van der Waals surface area contributed by atoms with Crippen LogP contribution in [0.15, 0.2) is 18.3 Å². The van der Waals surface area contributed by atoms with Gasteiger partial charge in [0.15, 0.2) is 5.69 Å². The molecule has 1 saturated heterocycles. The first-order chi connectivity index (χ1) is 11.9. The SMILES string of the molecule is CCCN(CCC)S(=O)(=O)N1CCN(C(=O)c2ncccc2O)CC1. The van der Waals surface area contributed by atoms with Crippen LogP contribution in [-0.4, -0.2) is 77.2 Å². The quantitative estimate of drug-likeness (QED) is 0.770. The van der Waals surface area contributed by atoms with Gasteiger partial charge < -0.3 is 10.0 Å². The Morgan fingerprint density at radius 1 is 1.20 bits per heavy atom. The first kappa shape index (κ1) is 19.6. The van der Waals surface area contributed by atoms with Crippen LogP contribution in [0.3, 0.4) is 0 Å². The third-order valence-corrected chi connectivity index (χ3v) is 6.15. The summed E-state index contributed by atoms with van der Waals surface area (Å²) in [5.74, 6) is -0.547. The second kappa shape index (κ2) is 8.59. The molecular formula is C16H26N4O4S. The van der Waals surface area contributed by atoms with Crippen molar-refractivity contribution >= 4 is 16.1 Å². The van der Waals surface area contributed by atoms with Gasteiger partial charge in [-0.2, -0.15) is 17.0 Å². The lowest BCUT2D eigenvalue weighted by molar-refractivity contribution is 0.0684. The van der Waals surface area contributed by atoms with Crippen molar-refractivity contribution in [3.8, 4) is 5.75 Å². The Morgan fingerprint density at radius 2 is 1.80 bits per heavy atom. The van der Waals surface area contributed by atoms with Crippen molar-refractivity contribution < 1.29 is 18.3 Å². The van der Waals surface area contributed by atoms with Gasteiger partial charge >= 0.3 is 0 Å². The molecule has 0 unspecified atom stereocenters. The number of aromatic nitrogens is 1. The molecule has 25 heavy (non-hydrogen) atoms. The molecule has 1 aliphatic rings. The molecule has 2 heterocycles. The van der Waals surface area contributed by atoms with Gasteiger partial charge in [0.25, 0.3) is 16.1 Å². The third-order valence-electron chi connectivity index (χ3n) is 4.11. The van der Waals surface area contributed by atoms with E-state index in [-0.39, 0.29) is 43.5 Å². The average molecular weight is 370 g/mol. The number of piperazine rings is 1.